The largest absolute Gasteiger partial charge is 0.328 e. The normalized spacial score (nSPS) is 13.0. The van der Waals surface area contributed by atoms with Crippen LogP contribution in [0.25, 0.3) is 0 Å². The van der Waals surface area contributed by atoms with E-state index in [1.807, 2.05) is 19.2 Å². The van der Waals surface area contributed by atoms with Gasteiger partial charge in [-0.1, -0.05) is 0 Å². The van der Waals surface area contributed by atoms with Gasteiger partial charge >= 0.3 is 0 Å². The minimum atomic E-state index is 0.198. The van der Waals surface area contributed by atoms with Gasteiger partial charge in [-0.05, 0) is 31.5 Å². The molecule has 0 bridgehead atoms. The molecule has 0 aromatic carbocycles. The number of pyridine rings is 1. The number of nitrogens with two attached hydrogens (primary N) is 1. The molecular formula is C9H14N2. The zero-order valence-electron chi connectivity index (χ0n) is 7.04. The van der Waals surface area contributed by atoms with Crippen molar-refractivity contribution in [3.8, 4) is 0 Å². The molecule has 0 saturated heterocycles. The molecule has 1 aromatic rings. The zero-order chi connectivity index (χ0) is 8.27. The van der Waals surface area contributed by atoms with Crippen molar-refractivity contribution in [3.63, 3.8) is 0 Å². The average molecular weight is 150 g/mol. The van der Waals surface area contributed by atoms with Crippen LogP contribution in [0.4, 0.5) is 0 Å². The van der Waals surface area contributed by atoms with Gasteiger partial charge in [0.25, 0.3) is 0 Å². The van der Waals surface area contributed by atoms with E-state index in [0.29, 0.717) is 0 Å². The third-order valence-electron chi connectivity index (χ3n) is 1.50. The van der Waals surface area contributed by atoms with Crippen molar-refractivity contribution in [1.82, 2.24) is 4.98 Å². The quantitative estimate of drug-likeness (QED) is 0.689. The average Bonchev–Trinajstić information content (AvgIpc) is 1.85. The maximum Gasteiger partial charge on any atom is 0.0421 e. The number of hydrogen-bond donors (Lipinski definition) is 1. The second-order valence-electron chi connectivity index (χ2n) is 3.01. The molecule has 11 heavy (non-hydrogen) atoms. The molecule has 0 aliphatic heterocycles. The van der Waals surface area contributed by atoms with Crippen LogP contribution in [0.1, 0.15) is 18.2 Å². The summed E-state index contributed by atoms with van der Waals surface area (Å²) in [5, 5.41) is 0. The summed E-state index contributed by atoms with van der Waals surface area (Å²) in [6.07, 6.45) is 2.69. The Hall–Kier alpha value is -0.890. The summed E-state index contributed by atoms with van der Waals surface area (Å²) in [5.74, 6) is 0. The van der Waals surface area contributed by atoms with E-state index in [9.17, 15) is 0 Å². The van der Waals surface area contributed by atoms with Gasteiger partial charge in [-0.25, -0.2) is 0 Å². The molecule has 0 unspecified atom stereocenters. The first kappa shape index (κ1) is 8.21. The Bertz CT molecular complexity index is 231. The van der Waals surface area contributed by atoms with Crippen molar-refractivity contribution < 1.29 is 0 Å². The van der Waals surface area contributed by atoms with E-state index in [2.05, 4.69) is 18.0 Å². The highest BCUT2D eigenvalue weighted by molar-refractivity contribution is 5.14. The molecule has 0 fully saturated rings. The topological polar surface area (TPSA) is 38.9 Å². The Labute approximate surface area is 67.5 Å². The zero-order valence-corrected chi connectivity index (χ0v) is 7.04. The molecule has 1 rings (SSSR count). The predicted octanol–water partition coefficient (Wildman–Crippen LogP) is 1.28. The predicted molar refractivity (Wildman–Crippen MR) is 46.3 cm³/mol. The van der Waals surface area contributed by atoms with E-state index < -0.39 is 0 Å². The molecule has 60 valence electrons. The highest BCUT2D eigenvalue weighted by Gasteiger charge is 1.97. The van der Waals surface area contributed by atoms with E-state index >= 15 is 0 Å². The monoisotopic (exact) mass is 150 g/mol. The molecule has 0 amide bonds. The Balaban J connectivity index is 2.71. The fourth-order valence-electron chi connectivity index (χ4n) is 1.04. The SMILES string of the molecule is Cc1ccnc(C[C@H](C)N)c1. The lowest BCUT2D eigenvalue weighted by Crippen LogP contribution is -2.18. The molecule has 0 radical (unpaired) electrons. The fraction of sp³-hybridized carbons (Fsp3) is 0.444. The first-order valence-corrected chi connectivity index (χ1v) is 3.85. The number of rotatable bonds is 2. The summed E-state index contributed by atoms with van der Waals surface area (Å²) >= 11 is 0. The summed E-state index contributed by atoms with van der Waals surface area (Å²) in [4.78, 5) is 4.20. The van der Waals surface area contributed by atoms with E-state index in [1.54, 1.807) is 0 Å². The van der Waals surface area contributed by atoms with Gasteiger partial charge in [0, 0.05) is 24.4 Å². The van der Waals surface area contributed by atoms with Crippen molar-refractivity contribution in [3.05, 3.63) is 29.6 Å². The Morgan fingerprint density at radius 2 is 2.36 bits per heavy atom. The fourth-order valence-corrected chi connectivity index (χ4v) is 1.04. The number of nitrogens with zero attached hydrogens (tertiary/aromatic N) is 1. The molecule has 1 heterocycles. The van der Waals surface area contributed by atoms with Crippen LogP contribution in [0.3, 0.4) is 0 Å². The van der Waals surface area contributed by atoms with Crippen LogP contribution in [0.15, 0.2) is 18.3 Å². The van der Waals surface area contributed by atoms with Crippen molar-refractivity contribution in [2.24, 2.45) is 5.73 Å². The van der Waals surface area contributed by atoms with Crippen LogP contribution in [0, 0.1) is 6.92 Å². The minimum Gasteiger partial charge on any atom is -0.328 e. The van der Waals surface area contributed by atoms with Gasteiger partial charge in [0.1, 0.15) is 0 Å². The van der Waals surface area contributed by atoms with Gasteiger partial charge in [-0.3, -0.25) is 4.98 Å². The molecule has 0 aliphatic carbocycles. The Morgan fingerprint density at radius 1 is 1.64 bits per heavy atom. The van der Waals surface area contributed by atoms with Crippen LogP contribution in [-0.4, -0.2) is 11.0 Å². The van der Waals surface area contributed by atoms with Gasteiger partial charge in [0.15, 0.2) is 0 Å². The second-order valence-corrected chi connectivity index (χ2v) is 3.01. The van der Waals surface area contributed by atoms with Gasteiger partial charge in [0.2, 0.25) is 0 Å². The summed E-state index contributed by atoms with van der Waals surface area (Å²) in [7, 11) is 0. The van der Waals surface area contributed by atoms with Crippen molar-refractivity contribution >= 4 is 0 Å². The lowest BCUT2D eigenvalue weighted by atomic mass is 10.1. The summed E-state index contributed by atoms with van der Waals surface area (Å²) in [5.41, 5.74) is 7.96. The van der Waals surface area contributed by atoms with Gasteiger partial charge in [-0.15, -0.1) is 0 Å². The van der Waals surface area contributed by atoms with Crippen LogP contribution in [-0.2, 0) is 6.42 Å². The van der Waals surface area contributed by atoms with Crippen LogP contribution in [0.5, 0.6) is 0 Å². The number of aromatic nitrogens is 1. The van der Waals surface area contributed by atoms with Crippen molar-refractivity contribution in [1.29, 1.82) is 0 Å². The molecule has 2 nitrogen and oxygen atoms in total. The van der Waals surface area contributed by atoms with E-state index in [0.717, 1.165) is 12.1 Å². The molecular weight excluding hydrogens is 136 g/mol. The van der Waals surface area contributed by atoms with E-state index in [1.165, 1.54) is 5.56 Å². The second kappa shape index (κ2) is 3.49. The van der Waals surface area contributed by atoms with Crippen LogP contribution < -0.4 is 5.73 Å². The third kappa shape index (κ3) is 2.68. The molecule has 1 atom stereocenters. The molecule has 0 spiro atoms. The maximum absolute atomic E-state index is 5.63. The minimum absolute atomic E-state index is 0.198. The number of aryl methyl sites for hydroxylation is 1. The Kier molecular flexibility index (Phi) is 2.60. The summed E-state index contributed by atoms with van der Waals surface area (Å²) < 4.78 is 0. The smallest absolute Gasteiger partial charge is 0.0421 e. The van der Waals surface area contributed by atoms with Gasteiger partial charge in [0.05, 0.1) is 0 Å². The van der Waals surface area contributed by atoms with Crippen molar-refractivity contribution in [2.75, 3.05) is 0 Å². The molecule has 0 aliphatic rings. The first-order chi connectivity index (χ1) is 5.18. The lowest BCUT2D eigenvalue weighted by Gasteiger charge is -2.03. The highest BCUT2D eigenvalue weighted by Crippen LogP contribution is 2.01. The van der Waals surface area contributed by atoms with Crippen molar-refractivity contribution in [2.45, 2.75) is 26.3 Å². The van der Waals surface area contributed by atoms with Gasteiger partial charge < -0.3 is 5.73 Å². The molecule has 2 N–H and O–H groups in total. The lowest BCUT2D eigenvalue weighted by molar-refractivity contribution is 0.721. The number of hydrogen-bond acceptors (Lipinski definition) is 2. The summed E-state index contributed by atoms with van der Waals surface area (Å²) in [6, 6.07) is 4.26. The van der Waals surface area contributed by atoms with E-state index in [-0.39, 0.29) is 6.04 Å². The van der Waals surface area contributed by atoms with Gasteiger partial charge in [-0.2, -0.15) is 0 Å². The third-order valence-corrected chi connectivity index (χ3v) is 1.50. The van der Waals surface area contributed by atoms with E-state index in [4.69, 9.17) is 5.73 Å². The first-order valence-electron chi connectivity index (χ1n) is 3.85. The molecule has 2 heteroatoms. The highest BCUT2D eigenvalue weighted by atomic mass is 14.7. The molecule has 0 saturated carbocycles. The summed E-state index contributed by atoms with van der Waals surface area (Å²) in [6.45, 7) is 4.05. The molecule has 1 aromatic heterocycles. The van der Waals surface area contributed by atoms with Crippen LogP contribution in [0.2, 0.25) is 0 Å². The standard InChI is InChI=1S/C9H14N2/c1-7-3-4-11-9(5-7)6-8(2)10/h3-5,8H,6,10H2,1-2H3/t8-/m0/s1. The maximum atomic E-state index is 5.63. The van der Waals surface area contributed by atoms with Crippen LogP contribution >= 0.6 is 0 Å². The Morgan fingerprint density at radius 3 is 2.91 bits per heavy atom.